The summed E-state index contributed by atoms with van der Waals surface area (Å²) in [6, 6.07) is -0.355. The molecule has 0 radical (unpaired) electrons. The summed E-state index contributed by atoms with van der Waals surface area (Å²) in [6.07, 6.45) is 3.16. The molecule has 1 fully saturated rings. The zero-order chi connectivity index (χ0) is 15.3. The van der Waals surface area contributed by atoms with Crippen molar-refractivity contribution in [3.05, 3.63) is 0 Å². The van der Waals surface area contributed by atoms with Crippen molar-refractivity contribution in [1.82, 2.24) is 15.5 Å². The van der Waals surface area contributed by atoms with E-state index in [0.717, 1.165) is 0 Å². The average Bonchev–Trinajstić information content (AvgIpc) is 3.24. The van der Waals surface area contributed by atoms with Crippen LogP contribution in [0, 0.1) is 5.92 Å². The van der Waals surface area contributed by atoms with Gasteiger partial charge in [-0.25, -0.2) is 9.59 Å². The number of hydrogen-bond donors (Lipinski definition) is 3. The van der Waals surface area contributed by atoms with Crippen molar-refractivity contribution in [2.75, 3.05) is 13.6 Å². The second-order valence-corrected chi connectivity index (χ2v) is 5.80. The lowest BCUT2D eigenvalue weighted by atomic mass is 9.99. The summed E-state index contributed by atoms with van der Waals surface area (Å²) in [5.74, 6) is -1.08. The Labute approximate surface area is 120 Å². The Hall–Kier alpha value is -1.30. The third kappa shape index (κ3) is 5.00. The Morgan fingerprint density at radius 2 is 1.95 bits per heavy atom. The van der Waals surface area contributed by atoms with Crippen molar-refractivity contribution < 1.29 is 14.7 Å². The van der Waals surface area contributed by atoms with Crippen LogP contribution < -0.4 is 10.6 Å². The maximum atomic E-state index is 11.8. The van der Waals surface area contributed by atoms with Crippen LogP contribution in [0.1, 0.15) is 40.0 Å². The van der Waals surface area contributed by atoms with Crippen molar-refractivity contribution in [3.8, 4) is 0 Å². The highest BCUT2D eigenvalue weighted by Crippen LogP contribution is 2.26. The molecule has 0 aromatic heterocycles. The van der Waals surface area contributed by atoms with E-state index >= 15 is 0 Å². The van der Waals surface area contributed by atoms with Gasteiger partial charge in [-0.2, -0.15) is 0 Å². The van der Waals surface area contributed by atoms with Crippen LogP contribution in [0.5, 0.6) is 0 Å². The van der Waals surface area contributed by atoms with Crippen LogP contribution in [0.2, 0.25) is 0 Å². The molecule has 6 heteroatoms. The average molecular weight is 285 g/mol. The van der Waals surface area contributed by atoms with Gasteiger partial charge in [0.1, 0.15) is 6.04 Å². The molecule has 6 nitrogen and oxygen atoms in total. The van der Waals surface area contributed by atoms with Gasteiger partial charge in [0.05, 0.1) is 0 Å². The quantitative estimate of drug-likeness (QED) is 0.627. The number of likely N-dealkylation sites (N-methyl/N-ethyl adjacent to an activating group) is 1. The van der Waals surface area contributed by atoms with Crippen LogP contribution in [0.3, 0.4) is 0 Å². The highest BCUT2D eigenvalue weighted by Gasteiger charge is 2.29. The number of rotatable bonds is 8. The van der Waals surface area contributed by atoms with E-state index in [2.05, 4.69) is 29.5 Å². The number of carboxylic acid groups (broad SMARTS) is 1. The number of carbonyl (C=O) groups excluding carboxylic acids is 1. The maximum absolute atomic E-state index is 11.8. The number of nitrogens with zero attached hydrogens (tertiary/aromatic N) is 1. The minimum Gasteiger partial charge on any atom is -0.480 e. The predicted octanol–water partition coefficient (Wildman–Crippen LogP) is 1.27. The molecule has 3 N–H and O–H groups in total. The zero-order valence-corrected chi connectivity index (χ0v) is 12.8. The molecule has 1 rings (SSSR count). The van der Waals surface area contributed by atoms with E-state index in [1.807, 2.05) is 13.8 Å². The molecule has 3 atom stereocenters. The Kier molecular flexibility index (Phi) is 6.26. The van der Waals surface area contributed by atoms with Gasteiger partial charge in [0, 0.05) is 18.6 Å². The highest BCUT2D eigenvalue weighted by atomic mass is 16.4. The van der Waals surface area contributed by atoms with E-state index in [9.17, 15) is 9.59 Å². The van der Waals surface area contributed by atoms with E-state index in [-0.39, 0.29) is 12.0 Å². The van der Waals surface area contributed by atoms with Crippen molar-refractivity contribution >= 4 is 12.0 Å². The van der Waals surface area contributed by atoms with Crippen molar-refractivity contribution in [1.29, 1.82) is 0 Å². The fourth-order valence-corrected chi connectivity index (χ4v) is 2.10. The molecular formula is C14H27N3O3. The minimum atomic E-state index is -0.988. The van der Waals surface area contributed by atoms with Crippen LogP contribution in [0.25, 0.3) is 0 Å². The standard InChI is InChI=1S/C14H27N3O3/c1-5-9(2)12(13(18)19)16-14(20)15-8-10(3)17(4)11-6-7-11/h9-12H,5-8H2,1-4H3,(H,18,19)(H2,15,16,20). The largest absolute Gasteiger partial charge is 0.480 e. The van der Waals surface area contributed by atoms with Gasteiger partial charge in [-0.15, -0.1) is 0 Å². The Morgan fingerprint density at radius 3 is 2.40 bits per heavy atom. The topological polar surface area (TPSA) is 81.7 Å². The molecular weight excluding hydrogens is 258 g/mol. The molecule has 20 heavy (non-hydrogen) atoms. The summed E-state index contributed by atoms with van der Waals surface area (Å²) in [4.78, 5) is 25.2. The first-order valence-electron chi connectivity index (χ1n) is 7.35. The highest BCUT2D eigenvalue weighted by molar-refractivity contribution is 5.82. The molecule has 0 saturated heterocycles. The summed E-state index contributed by atoms with van der Waals surface area (Å²) < 4.78 is 0. The lowest BCUT2D eigenvalue weighted by Gasteiger charge is -2.25. The van der Waals surface area contributed by atoms with Gasteiger partial charge < -0.3 is 15.7 Å². The van der Waals surface area contributed by atoms with Crippen LogP contribution >= 0.6 is 0 Å². The first-order valence-corrected chi connectivity index (χ1v) is 7.35. The Bertz CT molecular complexity index is 345. The van der Waals surface area contributed by atoms with Crippen molar-refractivity contribution in [3.63, 3.8) is 0 Å². The summed E-state index contributed by atoms with van der Waals surface area (Å²) in [6.45, 7) is 6.31. The van der Waals surface area contributed by atoms with E-state index < -0.39 is 18.0 Å². The Balaban J connectivity index is 2.35. The summed E-state index contributed by atoms with van der Waals surface area (Å²) in [7, 11) is 2.06. The zero-order valence-electron chi connectivity index (χ0n) is 12.8. The molecule has 2 amide bonds. The number of urea groups is 1. The number of carbonyl (C=O) groups is 2. The normalized spacial score (nSPS) is 19.2. The third-order valence-corrected chi connectivity index (χ3v) is 4.14. The molecule has 0 heterocycles. The van der Waals surface area contributed by atoms with Gasteiger partial charge in [0.15, 0.2) is 0 Å². The van der Waals surface area contributed by atoms with Crippen molar-refractivity contribution in [2.24, 2.45) is 5.92 Å². The molecule has 3 unspecified atom stereocenters. The van der Waals surface area contributed by atoms with Crippen LogP contribution in [0.15, 0.2) is 0 Å². The molecule has 0 bridgehead atoms. The number of carboxylic acids is 1. The molecule has 116 valence electrons. The number of aliphatic carboxylic acids is 1. The lowest BCUT2D eigenvalue weighted by Crippen LogP contribution is -2.51. The lowest BCUT2D eigenvalue weighted by molar-refractivity contribution is -0.140. The van der Waals surface area contributed by atoms with E-state index in [1.165, 1.54) is 12.8 Å². The van der Waals surface area contributed by atoms with Crippen LogP contribution in [0.4, 0.5) is 4.79 Å². The SMILES string of the molecule is CCC(C)C(NC(=O)NCC(C)N(C)C1CC1)C(=O)O. The van der Waals surface area contributed by atoms with Crippen LogP contribution in [-0.4, -0.2) is 53.7 Å². The first-order chi connectivity index (χ1) is 9.36. The molecule has 0 aromatic rings. The third-order valence-electron chi connectivity index (χ3n) is 4.14. The maximum Gasteiger partial charge on any atom is 0.326 e. The number of nitrogens with one attached hydrogen (secondary N) is 2. The first kappa shape index (κ1) is 16.8. The van der Waals surface area contributed by atoms with E-state index in [1.54, 1.807) is 0 Å². The van der Waals surface area contributed by atoms with Gasteiger partial charge >= 0.3 is 12.0 Å². The number of hydrogen-bond acceptors (Lipinski definition) is 3. The fraction of sp³-hybridized carbons (Fsp3) is 0.857. The van der Waals surface area contributed by atoms with Crippen molar-refractivity contribution in [2.45, 2.75) is 58.2 Å². The predicted molar refractivity (Wildman–Crippen MR) is 77.7 cm³/mol. The van der Waals surface area contributed by atoms with Gasteiger partial charge in [-0.1, -0.05) is 20.3 Å². The molecule has 1 saturated carbocycles. The van der Waals surface area contributed by atoms with E-state index in [4.69, 9.17) is 5.11 Å². The van der Waals surface area contributed by atoms with E-state index in [0.29, 0.717) is 19.0 Å². The summed E-state index contributed by atoms with van der Waals surface area (Å²) in [5, 5.41) is 14.4. The second kappa shape index (κ2) is 7.47. The minimum absolute atomic E-state index is 0.0928. The Morgan fingerprint density at radius 1 is 1.35 bits per heavy atom. The van der Waals surface area contributed by atoms with Gasteiger partial charge in [0.25, 0.3) is 0 Å². The van der Waals surface area contributed by atoms with Crippen LogP contribution in [-0.2, 0) is 4.79 Å². The second-order valence-electron chi connectivity index (χ2n) is 5.80. The van der Waals surface area contributed by atoms with Gasteiger partial charge in [-0.05, 0) is 32.7 Å². The summed E-state index contributed by atoms with van der Waals surface area (Å²) >= 11 is 0. The van der Waals surface area contributed by atoms with Gasteiger partial charge in [-0.3, -0.25) is 4.90 Å². The smallest absolute Gasteiger partial charge is 0.326 e. The number of amides is 2. The summed E-state index contributed by atoms with van der Waals surface area (Å²) in [5.41, 5.74) is 0. The molecule has 1 aliphatic rings. The molecule has 1 aliphatic carbocycles. The molecule has 0 aromatic carbocycles. The monoisotopic (exact) mass is 285 g/mol. The molecule has 0 spiro atoms. The molecule has 0 aliphatic heterocycles. The van der Waals surface area contributed by atoms with Gasteiger partial charge in [0.2, 0.25) is 0 Å². The fourth-order valence-electron chi connectivity index (χ4n) is 2.10.